The number of rotatable bonds is 25. The second kappa shape index (κ2) is 26.7. The number of β-amino-alcohol motifs (C(OH)–C–C–N with tert-alkyl or cyclic N) is 1. The van der Waals surface area contributed by atoms with Crippen molar-refractivity contribution in [1.29, 1.82) is 0 Å². The van der Waals surface area contributed by atoms with Crippen LogP contribution in [0.15, 0.2) is 24.3 Å². The minimum Gasteiger partial charge on any atom is -0.465 e. The van der Waals surface area contributed by atoms with Gasteiger partial charge in [0.15, 0.2) is 6.29 Å². The van der Waals surface area contributed by atoms with Crippen LogP contribution in [-0.2, 0) is 28.5 Å². The van der Waals surface area contributed by atoms with E-state index >= 15 is 0 Å². The van der Waals surface area contributed by atoms with Crippen molar-refractivity contribution in [2.45, 2.75) is 97.2 Å². The Morgan fingerprint density at radius 1 is 0.929 bits per heavy atom. The molecule has 1 aliphatic rings. The van der Waals surface area contributed by atoms with E-state index in [1.165, 1.54) is 0 Å². The van der Waals surface area contributed by atoms with E-state index in [4.69, 9.17) is 28.8 Å². The van der Waals surface area contributed by atoms with Gasteiger partial charge in [-0.2, -0.15) is 0 Å². The van der Waals surface area contributed by atoms with Crippen molar-refractivity contribution in [1.82, 2.24) is 4.90 Å². The van der Waals surface area contributed by atoms with E-state index in [0.717, 1.165) is 77.3 Å². The van der Waals surface area contributed by atoms with E-state index < -0.39 is 18.4 Å². The topological polar surface area (TPSA) is 104 Å². The third-order valence-electron chi connectivity index (χ3n) is 6.90. The standard InChI is InChI=1S/C33H58NO8/c1-4-6-8-10-12-14-23-38-32(39-24-15-13-11-9-7-5-2)19-18-31(36)40-26-29(3)27-41-33(37)42-28-30-17-16-20-34(25-30)21-22-35/h6-9,29-30,32,35H,3-5,10-28H2,1-2H3/b8-6-,9-7-. The molecule has 1 saturated heterocycles. The van der Waals surface area contributed by atoms with Crippen molar-refractivity contribution in [2.75, 3.05) is 59.3 Å². The summed E-state index contributed by atoms with van der Waals surface area (Å²) in [5.41, 5.74) is 0. The van der Waals surface area contributed by atoms with Crippen LogP contribution in [0, 0.1) is 18.8 Å². The number of carbonyl (C=O) groups excluding carboxylic acids is 2. The van der Waals surface area contributed by atoms with E-state index in [1.807, 2.05) is 0 Å². The molecule has 0 aliphatic carbocycles. The maximum atomic E-state index is 12.4. The highest BCUT2D eigenvalue weighted by Crippen LogP contribution is 2.17. The van der Waals surface area contributed by atoms with Gasteiger partial charge in [-0.1, -0.05) is 38.2 Å². The Balaban J connectivity index is 2.26. The Labute approximate surface area is 254 Å². The lowest BCUT2D eigenvalue weighted by Crippen LogP contribution is -2.39. The fourth-order valence-electron chi connectivity index (χ4n) is 4.55. The molecule has 1 heterocycles. The van der Waals surface area contributed by atoms with Crippen LogP contribution < -0.4 is 0 Å². The molecule has 9 nitrogen and oxygen atoms in total. The summed E-state index contributed by atoms with van der Waals surface area (Å²) in [6.07, 6.45) is 18.3. The van der Waals surface area contributed by atoms with E-state index in [1.54, 1.807) is 0 Å². The van der Waals surface area contributed by atoms with Crippen LogP contribution in [-0.4, -0.2) is 87.7 Å². The van der Waals surface area contributed by atoms with Crippen molar-refractivity contribution in [3.05, 3.63) is 31.2 Å². The largest absolute Gasteiger partial charge is 0.508 e. The predicted molar refractivity (Wildman–Crippen MR) is 165 cm³/mol. The summed E-state index contributed by atoms with van der Waals surface area (Å²) < 4.78 is 27.7. The molecule has 2 atom stereocenters. The molecule has 2 unspecified atom stereocenters. The molecule has 42 heavy (non-hydrogen) atoms. The molecule has 0 bridgehead atoms. The molecule has 0 amide bonds. The number of aliphatic hydroxyl groups is 1. The Bertz CT molecular complexity index is 703. The zero-order chi connectivity index (χ0) is 30.7. The van der Waals surface area contributed by atoms with Crippen LogP contribution >= 0.6 is 0 Å². The molecular weight excluding hydrogens is 538 g/mol. The number of ether oxygens (including phenoxy) is 5. The highest BCUT2D eigenvalue weighted by Gasteiger charge is 2.21. The monoisotopic (exact) mass is 596 g/mol. The number of carbonyl (C=O) groups is 2. The molecule has 0 aromatic heterocycles. The summed E-state index contributed by atoms with van der Waals surface area (Å²) in [4.78, 5) is 26.5. The molecule has 0 saturated carbocycles. The molecule has 1 N–H and O–H groups in total. The molecule has 1 rings (SSSR count). The number of aliphatic hydroxyl groups excluding tert-OH is 1. The van der Waals surface area contributed by atoms with E-state index in [0.29, 0.717) is 26.2 Å². The van der Waals surface area contributed by atoms with Gasteiger partial charge in [-0.3, -0.25) is 4.79 Å². The number of unbranched alkanes of at least 4 members (excludes halogenated alkanes) is 4. The maximum absolute atomic E-state index is 12.4. The number of likely N-dealkylation sites (tertiary alicyclic amines) is 1. The number of hydrogen-bond donors (Lipinski definition) is 1. The summed E-state index contributed by atoms with van der Waals surface area (Å²) in [6, 6.07) is 0. The quantitative estimate of drug-likeness (QED) is 0.0567. The SMILES string of the molecule is [CH2]C(COC(=O)CCC(OCCCC/C=C\CC)OCCCC/C=C\CC)COC(=O)OCC1CCCN(CCO)C1. The number of piperidine rings is 1. The Morgan fingerprint density at radius 2 is 1.57 bits per heavy atom. The van der Waals surface area contributed by atoms with Gasteiger partial charge in [0.1, 0.15) is 6.61 Å². The van der Waals surface area contributed by atoms with Gasteiger partial charge >= 0.3 is 12.1 Å². The molecular formula is C33H58NO8. The summed E-state index contributed by atoms with van der Waals surface area (Å²) in [7, 11) is 0. The van der Waals surface area contributed by atoms with Gasteiger partial charge in [0.05, 0.1) is 26.2 Å². The van der Waals surface area contributed by atoms with Crippen LogP contribution in [0.2, 0.25) is 0 Å². The number of esters is 1. The minimum atomic E-state index is -0.742. The summed E-state index contributed by atoms with van der Waals surface area (Å²) in [5, 5.41) is 9.11. The first-order chi connectivity index (χ1) is 20.5. The third-order valence-corrected chi connectivity index (χ3v) is 6.90. The zero-order valence-electron chi connectivity index (χ0n) is 26.3. The lowest BCUT2D eigenvalue weighted by atomic mass is 9.99. The molecule has 1 fully saturated rings. The van der Waals surface area contributed by atoms with Crippen LogP contribution in [0.3, 0.4) is 0 Å². The van der Waals surface area contributed by atoms with Crippen molar-refractivity contribution >= 4 is 12.1 Å². The molecule has 9 heteroatoms. The first kappa shape index (κ1) is 38.1. The highest BCUT2D eigenvalue weighted by atomic mass is 16.7. The minimum absolute atomic E-state index is 0.00313. The smallest absolute Gasteiger partial charge is 0.465 e. The maximum Gasteiger partial charge on any atom is 0.508 e. The summed E-state index contributed by atoms with van der Waals surface area (Å²) in [5.74, 6) is -0.525. The fraction of sp³-hybridized carbons (Fsp3) is 0.788. The molecule has 1 aliphatic heterocycles. The van der Waals surface area contributed by atoms with Crippen molar-refractivity contribution in [2.24, 2.45) is 11.8 Å². The van der Waals surface area contributed by atoms with Crippen LogP contribution in [0.5, 0.6) is 0 Å². The Morgan fingerprint density at radius 3 is 2.19 bits per heavy atom. The first-order valence-electron chi connectivity index (χ1n) is 16.1. The normalized spacial score (nSPS) is 16.8. The van der Waals surface area contributed by atoms with Gasteiger partial charge in [0, 0.05) is 44.6 Å². The van der Waals surface area contributed by atoms with Crippen LogP contribution in [0.25, 0.3) is 0 Å². The van der Waals surface area contributed by atoms with Crippen LogP contribution in [0.1, 0.15) is 90.9 Å². The fourth-order valence-corrected chi connectivity index (χ4v) is 4.55. The zero-order valence-corrected chi connectivity index (χ0v) is 26.3. The Hall–Kier alpha value is -1.94. The van der Waals surface area contributed by atoms with Gasteiger partial charge in [0.2, 0.25) is 0 Å². The Kier molecular flexibility index (Phi) is 24.2. The molecule has 0 aromatic rings. The molecule has 0 spiro atoms. The van der Waals surface area contributed by atoms with Crippen LogP contribution in [0.4, 0.5) is 4.79 Å². The van der Waals surface area contributed by atoms with E-state index in [2.05, 4.69) is 50.0 Å². The lowest BCUT2D eigenvalue weighted by molar-refractivity contribution is -0.160. The molecule has 1 radical (unpaired) electrons. The van der Waals surface area contributed by atoms with E-state index in [-0.39, 0.29) is 44.7 Å². The number of hydrogen-bond acceptors (Lipinski definition) is 9. The van der Waals surface area contributed by atoms with Gasteiger partial charge in [-0.05, 0) is 77.7 Å². The van der Waals surface area contributed by atoms with Crippen molar-refractivity contribution < 1.29 is 38.4 Å². The second-order valence-electron chi connectivity index (χ2n) is 10.9. The van der Waals surface area contributed by atoms with Crippen molar-refractivity contribution in [3.63, 3.8) is 0 Å². The lowest BCUT2D eigenvalue weighted by Gasteiger charge is -2.31. The average molecular weight is 597 g/mol. The van der Waals surface area contributed by atoms with Gasteiger partial charge < -0.3 is 33.7 Å². The van der Waals surface area contributed by atoms with Crippen molar-refractivity contribution in [3.8, 4) is 0 Å². The number of nitrogens with zero attached hydrogens (tertiary/aromatic N) is 1. The first-order valence-corrected chi connectivity index (χ1v) is 16.1. The van der Waals surface area contributed by atoms with Gasteiger partial charge in [-0.15, -0.1) is 0 Å². The summed E-state index contributed by atoms with van der Waals surface area (Å²) in [6.45, 7) is 12.2. The summed E-state index contributed by atoms with van der Waals surface area (Å²) >= 11 is 0. The highest BCUT2D eigenvalue weighted by molar-refractivity contribution is 5.69. The molecule has 0 aromatic carbocycles. The average Bonchev–Trinajstić information content (AvgIpc) is 2.99. The van der Waals surface area contributed by atoms with E-state index in [9.17, 15) is 9.59 Å². The second-order valence-corrected chi connectivity index (χ2v) is 10.9. The number of allylic oxidation sites excluding steroid dienone is 4. The van der Waals surface area contributed by atoms with Gasteiger partial charge in [0.25, 0.3) is 0 Å². The third kappa shape index (κ3) is 21.7. The predicted octanol–water partition coefficient (Wildman–Crippen LogP) is 6.25. The van der Waals surface area contributed by atoms with Gasteiger partial charge in [-0.25, -0.2) is 4.79 Å². The molecule has 243 valence electrons.